The second-order valence-corrected chi connectivity index (χ2v) is 10.3. The number of pyridine rings is 1. The molecule has 6 rings (SSSR count). The fourth-order valence-electron chi connectivity index (χ4n) is 5.46. The van der Waals surface area contributed by atoms with Crippen molar-refractivity contribution in [2.45, 2.75) is 26.2 Å². The molecule has 36 heavy (non-hydrogen) atoms. The van der Waals surface area contributed by atoms with Crippen LogP contribution in [0, 0.1) is 12.8 Å². The van der Waals surface area contributed by atoms with E-state index in [1.807, 2.05) is 36.2 Å². The van der Waals surface area contributed by atoms with Gasteiger partial charge in [-0.1, -0.05) is 17.7 Å². The lowest BCUT2D eigenvalue weighted by molar-refractivity contribution is -0.123. The quantitative estimate of drug-likeness (QED) is 0.577. The summed E-state index contributed by atoms with van der Waals surface area (Å²) in [6.07, 6.45) is 4.23. The van der Waals surface area contributed by atoms with E-state index in [4.69, 9.17) is 21.3 Å². The van der Waals surface area contributed by atoms with Crippen molar-refractivity contribution in [2.24, 2.45) is 5.92 Å². The number of morpholine rings is 1. The molecular weight excluding hydrogens is 476 g/mol. The number of fused-ring (bicyclic) bond motifs is 3. The number of H-pyrrole nitrogens is 1. The molecular formula is C27H31ClN6O2. The highest BCUT2D eigenvalue weighted by atomic mass is 35.5. The number of carbonyl (C=O) groups excluding carboxylic acids is 1. The number of hydrogen-bond donors (Lipinski definition) is 1. The van der Waals surface area contributed by atoms with Crippen molar-refractivity contribution in [1.29, 1.82) is 0 Å². The maximum Gasteiger partial charge on any atom is 0.230 e. The highest BCUT2D eigenvalue weighted by Crippen LogP contribution is 2.39. The zero-order valence-electron chi connectivity index (χ0n) is 20.5. The second kappa shape index (κ2) is 9.75. The van der Waals surface area contributed by atoms with Gasteiger partial charge in [-0.05, 0) is 49.6 Å². The summed E-state index contributed by atoms with van der Waals surface area (Å²) in [5.74, 6) is 2.03. The molecule has 0 radical (unpaired) electrons. The standard InChI is InChI=1S/C27H31ClN6O2/c1-18-2-5-24(29-17-18)32-9-6-19(7-10-32)26(35)34-11-8-22-25(21-16-20(28)3-4-23(21)34)31-27(30-22)33-12-14-36-15-13-33/h2-5,16-17,19H,6-15H2,1H3,(H,30,31). The Kier molecular flexibility index (Phi) is 6.31. The second-order valence-electron chi connectivity index (χ2n) is 9.84. The van der Waals surface area contributed by atoms with E-state index >= 15 is 0 Å². The third-order valence-corrected chi connectivity index (χ3v) is 7.73. The summed E-state index contributed by atoms with van der Waals surface area (Å²) in [5, 5.41) is 0.649. The molecule has 3 aliphatic heterocycles. The van der Waals surface area contributed by atoms with Gasteiger partial charge in [0.05, 0.1) is 30.3 Å². The van der Waals surface area contributed by atoms with Crippen LogP contribution in [-0.4, -0.2) is 66.8 Å². The lowest BCUT2D eigenvalue weighted by Crippen LogP contribution is -2.43. The predicted octanol–water partition coefficient (Wildman–Crippen LogP) is 4.08. The Morgan fingerprint density at radius 1 is 1.06 bits per heavy atom. The molecule has 188 valence electrons. The van der Waals surface area contributed by atoms with E-state index in [1.165, 1.54) is 0 Å². The number of halogens is 1. The van der Waals surface area contributed by atoms with Gasteiger partial charge in [-0.15, -0.1) is 0 Å². The molecule has 3 aliphatic rings. The molecule has 0 spiro atoms. The fraction of sp³-hybridized carbons (Fsp3) is 0.444. The lowest BCUT2D eigenvalue weighted by Gasteiger charge is -2.35. The number of amides is 1. The summed E-state index contributed by atoms with van der Waals surface area (Å²) < 4.78 is 5.50. The highest BCUT2D eigenvalue weighted by Gasteiger charge is 2.33. The van der Waals surface area contributed by atoms with Crippen LogP contribution in [0.15, 0.2) is 36.5 Å². The van der Waals surface area contributed by atoms with E-state index in [9.17, 15) is 4.79 Å². The van der Waals surface area contributed by atoms with Crippen molar-refractivity contribution in [3.8, 4) is 11.3 Å². The summed E-state index contributed by atoms with van der Waals surface area (Å²) >= 11 is 6.44. The summed E-state index contributed by atoms with van der Waals surface area (Å²) in [6, 6.07) is 9.96. The SMILES string of the molecule is Cc1ccc(N2CCC(C(=O)N3CCc4nc(N5CCOCC5)[nH]c4-c4cc(Cl)ccc43)CC2)nc1. The van der Waals surface area contributed by atoms with E-state index in [2.05, 4.69) is 31.9 Å². The van der Waals surface area contributed by atoms with Crippen LogP contribution < -0.4 is 14.7 Å². The number of ether oxygens (including phenoxy) is 1. The van der Waals surface area contributed by atoms with Gasteiger partial charge in [-0.25, -0.2) is 9.97 Å². The smallest absolute Gasteiger partial charge is 0.230 e. The molecule has 0 saturated carbocycles. The molecule has 0 aliphatic carbocycles. The largest absolute Gasteiger partial charge is 0.378 e. The molecule has 5 heterocycles. The van der Waals surface area contributed by atoms with Gasteiger partial charge in [0, 0.05) is 61.8 Å². The molecule has 0 unspecified atom stereocenters. The van der Waals surface area contributed by atoms with Gasteiger partial charge in [0.15, 0.2) is 0 Å². The fourth-order valence-corrected chi connectivity index (χ4v) is 5.63. The van der Waals surface area contributed by atoms with E-state index in [0.717, 1.165) is 79.0 Å². The first kappa shape index (κ1) is 23.3. The van der Waals surface area contributed by atoms with Crippen LogP contribution in [0.5, 0.6) is 0 Å². The van der Waals surface area contributed by atoms with Gasteiger partial charge in [0.25, 0.3) is 0 Å². The number of aromatic nitrogens is 3. The van der Waals surface area contributed by atoms with Gasteiger partial charge in [0.1, 0.15) is 5.82 Å². The van der Waals surface area contributed by atoms with Crippen LogP contribution in [0.3, 0.4) is 0 Å². The minimum absolute atomic E-state index is 0.0106. The monoisotopic (exact) mass is 506 g/mol. The van der Waals surface area contributed by atoms with E-state index in [0.29, 0.717) is 31.2 Å². The minimum atomic E-state index is -0.0106. The number of benzene rings is 1. The highest BCUT2D eigenvalue weighted by molar-refractivity contribution is 6.31. The maximum atomic E-state index is 13.8. The van der Waals surface area contributed by atoms with Gasteiger partial charge in [-0.2, -0.15) is 0 Å². The molecule has 0 bridgehead atoms. The van der Waals surface area contributed by atoms with Crippen molar-refractivity contribution >= 4 is 35.0 Å². The average molecular weight is 507 g/mol. The first-order valence-corrected chi connectivity index (χ1v) is 13.1. The van der Waals surface area contributed by atoms with Gasteiger partial charge in [0.2, 0.25) is 11.9 Å². The van der Waals surface area contributed by atoms with Crippen molar-refractivity contribution in [3.05, 3.63) is 52.8 Å². The molecule has 1 N–H and O–H groups in total. The molecule has 3 aromatic rings. The van der Waals surface area contributed by atoms with Crippen molar-refractivity contribution in [2.75, 3.05) is 60.6 Å². The number of carbonyl (C=O) groups is 1. The van der Waals surface area contributed by atoms with Crippen LogP contribution in [0.25, 0.3) is 11.3 Å². The first-order valence-electron chi connectivity index (χ1n) is 12.8. The number of rotatable bonds is 3. The Bertz CT molecular complexity index is 1250. The molecule has 1 amide bonds. The Balaban J connectivity index is 1.23. The molecule has 2 saturated heterocycles. The van der Waals surface area contributed by atoms with Crippen LogP contribution in [-0.2, 0) is 16.0 Å². The number of nitrogens with zero attached hydrogens (tertiary/aromatic N) is 5. The summed E-state index contributed by atoms with van der Waals surface area (Å²) in [7, 11) is 0. The van der Waals surface area contributed by atoms with Crippen LogP contribution in [0.2, 0.25) is 5.02 Å². The average Bonchev–Trinajstić information content (AvgIpc) is 3.28. The van der Waals surface area contributed by atoms with Gasteiger partial charge < -0.3 is 24.4 Å². The Morgan fingerprint density at radius 3 is 2.61 bits per heavy atom. The zero-order chi connectivity index (χ0) is 24.6. The maximum absolute atomic E-state index is 13.8. The van der Waals surface area contributed by atoms with Crippen LogP contribution in [0.4, 0.5) is 17.5 Å². The summed E-state index contributed by atoms with van der Waals surface area (Å²) in [5.41, 5.74) is 4.94. The van der Waals surface area contributed by atoms with Gasteiger partial charge >= 0.3 is 0 Å². The molecule has 8 nitrogen and oxygen atoms in total. The van der Waals surface area contributed by atoms with Gasteiger partial charge in [-0.3, -0.25) is 4.79 Å². The molecule has 2 fully saturated rings. The molecule has 0 atom stereocenters. The molecule has 9 heteroatoms. The molecule has 1 aromatic carbocycles. The number of piperidine rings is 1. The van der Waals surface area contributed by atoms with Crippen LogP contribution >= 0.6 is 11.6 Å². The number of nitrogens with one attached hydrogen (secondary N) is 1. The topological polar surface area (TPSA) is 77.6 Å². The Labute approximate surface area is 216 Å². The number of aryl methyl sites for hydroxylation is 1. The lowest BCUT2D eigenvalue weighted by atomic mass is 9.94. The Morgan fingerprint density at radius 2 is 1.86 bits per heavy atom. The normalized spacial score (nSPS) is 18.6. The van der Waals surface area contributed by atoms with E-state index in [1.54, 1.807) is 0 Å². The van der Waals surface area contributed by atoms with Crippen molar-refractivity contribution in [1.82, 2.24) is 15.0 Å². The summed E-state index contributed by atoms with van der Waals surface area (Å²) in [4.78, 5) is 33.3. The van der Waals surface area contributed by atoms with Crippen LogP contribution in [0.1, 0.15) is 24.1 Å². The number of anilines is 3. The number of aromatic amines is 1. The molecule has 2 aromatic heterocycles. The Hall–Kier alpha value is -3.10. The van der Waals surface area contributed by atoms with Crippen molar-refractivity contribution < 1.29 is 9.53 Å². The van der Waals surface area contributed by atoms with Crippen molar-refractivity contribution in [3.63, 3.8) is 0 Å². The number of imidazole rings is 1. The third kappa shape index (κ3) is 4.44. The summed E-state index contributed by atoms with van der Waals surface area (Å²) in [6.45, 7) is 7.35. The van der Waals surface area contributed by atoms with E-state index < -0.39 is 0 Å². The van der Waals surface area contributed by atoms with E-state index in [-0.39, 0.29) is 11.8 Å². The predicted molar refractivity (Wildman–Crippen MR) is 142 cm³/mol. The minimum Gasteiger partial charge on any atom is -0.378 e. The zero-order valence-corrected chi connectivity index (χ0v) is 21.3. The third-order valence-electron chi connectivity index (χ3n) is 7.50. The number of hydrogen-bond acceptors (Lipinski definition) is 6. The first-order chi connectivity index (χ1) is 17.6.